The molecule has 2 aromatic heterocycles. The van der Waals surface area contributed by atoms with E-state index < -0.39 is 12.2 Å². The summed E-state index contributed by atoms with van der Waals surface area (Å²) < 4.78 is 1.80. The Kier molecular flexibility index (Phi) is 3.83. The Balaban J connectivity index is 2.09. The van der Waals surface area contributed by atoms with Gasteiger partial charge in [-0.05, 0) is 0 Å². The summed E-state index contributed by atoms with van der Waals surface area (Å²) in [5.41, 5.74) is 1.21. The van der Waals surface area contributed by atoms with Gasteiger partial charge >= 0.3 is 126 Å². The maximum atomic E-state index is 10.1. The zero-order valence-electron chi connectivity index (χ0n) is 10.7. The molecule has 3 atom stereocenters. The molecule has 20 heavy (non-hydrogen) atoms. The average Bonchev–Trinajstić information content (AvgIpc) is 2.95. The topological polar surface area (TPSA) is 96.1 Å². The van der Waals surface area contributed by atoms with Crippen molar-refractivity contribution in [3.05, 3.63) is 11.6 Å². The third-order valence-electron chi connectivity index (χ3n) is 3.14. The molecule has 0 saturated carbocycles. The van der Waals surface area contributed by atoms with Crippen LogP contribution in [-0.4, -0.2) is 63.4 Å². The van der Waals surface area contributed by atoms with E-state index in [0.717, 1.165) is 0 Å². The van der Waals surface area contributed by atoms with Crippen LogP contribution in [0.1, 0.15) is 11.9 Å². The number of hydrogen-bond donors (Lipinski definition) is 3. The summed E-state index contributed by atoms with van der Waals surface area (Å²) in [6, 6.07) is 0. The number of hydrogen-bond acceptors (Lipinski definition) is 6. The number of imidazole rings is 1. The van der Waals surface area contributed by atoms with Crippen molar-refractivity contribution in [3.8, 4) is 0 Å². The second-order valence-electron chi connectivity index (χ2n) is 4.48. The number of fused-ring (bicyclic) bond motifs is 1. The quantitative estimate of drug-likeness (QED) is 0.536. The fourth-order valence-corrected chi connectivity index (χ4v) is 5.06. The number of rotatable bonds is 3. The second kappa shape index (κ2) is 5.46. The van der Waals surface area contributed by atoms with E-state index in [0.29, 0.717) is 28.8 Å². The molecule has 3 heterocycles. The van der Waals surface area contributed by atoms with Gasteiger partial charge in [-0.25, -0.2) is 0 Å². The van der Waals surface area contributed by atoms with Gasteiger partial charge in [0.15, 0.2) is 0 Å². The fraction of sp³-hybridized carbons (Fsp3) is 0.545. The van der Waals surface area contributed by atoms with Gasteiger partial charge in [0.2, 0.25) is 0 Å². The fourth-order valence-electron chi connectivity index (χ4n) is 2.20. The zero-order chi connectivity index (χ0) is 14.3. The molecule has 108 valence electrons. The summed E-state index contributed by atoms with van der Waals surface area (Å²) in [4.78, 5) is 12.5. The summed E-state index contributed by atoms with van der Waals surface area (Å²) in [6.45, 7) is 2.66. The Morgan fingerprint density at radius 2 is 2.30 bits per heavy atom. The molecule has 2 aromatic rings. The third kappa shape index (κ3) is 2.27. The van der Waals surface area contributed by atoms with E-state index in [1.54, 1.807) is 10.9 Å². The van der Waals surface area contributed by atoms with Crippen molar-refractivity contribution >= 4 is 43.5 Å². The van der Waals surface area contributed by atoms with Crippen LogP contribution in [0.2, 0.25) is 10.6 Å². The van der Waals surface area contributed by atoms with Gasteiger partial charge in [0.25, 0.3) is 0 Å². The number of aliphatic hydroxyl groups is 2. The molecule has 7 nitrogen and oxygen atoms in total. The molecule has 9 heteroatoms. The molecule has 0 radical (unpaired) electrons. The van der Waals surface area contributed by atoms with Crippen LogP contribution in [0.3, 0.4) is 0 Å². The minimum atomic E-state index is -0.788. The van der Waals surface area contributed by atoms with Crippen molar-refractivity contribution in [1.29, 1.82) is 0 Å². The molecule has 0 bridgehead atoms. The van der Waals surface area contributed by atoms with Gasteiger partial charge in [0.05, 0.1) is 0 Å². The molecule has 0 amide bonds. The Morgan fingerprint density at radius 1 is 1.50 bits per heavy atom. The van der Waals surface area contributed by atoms with E-state index in [9.17, 15) is 10.2 Å². The van der Waals surface area contributed by atoms with E-state index >= 15 is 0 Å². The summed E-state index contributed by atoms with van der Waals surface area (Å²) >= 11 is 6.04. The molecule has 3 rings (SSSR count). The first-order chi connectivity index (χ1) is 9.61. The van der Waals surface area contributed by atoms with Gasteiger partial charge in [-0.2, -0.15) is 0 Å². The van der Waals surface area contributed by atoms with Gasteiger partial charge in [-0.15, -0.1) is 0 Å². The normalized spacial score (nSPS) is 26.3. The first-order valence-electron chi connectivity index (χ1n) is 6.23. The van der Waals surface area contributed by atoms with Crippen molar-refractivity contribution in [2.45, 2.75) is 29.4 Å². The van der Waals surface area contributed by atoms with E-state index in [1.165, 1.54) is 0 Å². The number of halogens is 1. The van der Waals surface area contributed by atoms with Crippen LogP contribution in [0.4, 0.5) is 5.82 Å². The molecule has 3 N–H and O–H groups in total. The molecule has 1 fully saturated rings. The summed E-state index contributed by atoms with van der Waals surface area (Å²) in [5, 5.41) is 23.6. The summed E-state index contributed by atoms with van der Waals surface area (Å²) in [7, 11) is 0. The van der Waals surface area contributed by atoms with Crippen LogP contribution >= 0.6 is 11.6 Å². The molecule has 1 saturated heterocycles. The summed E-state index contributed by atoms with van der Waals surface area (Å²) in [6.07, 6.45) is 0.163. The molecule has 0 spiro atoms. The SMILES string of the molecule is CCNc1nc(Cl)nc2c1ncn2[C@@H]1[Se]C[C@@H](O)[C@H]1O. The molecule has 0 aliphatic carbocycles. The van der Waals surface area contributed by atoms with Gasteiger partial charge in [0, 0.05) is 0 Å². The van der Waals surface area contributed by atoms with Gasteiger partial charge < -0.3 is 0 Å². The number of anilines is 1. The third-order valence-corrected chi connectivity index (χ3v) is 6.20. The zero-order valence-corrected chi connectivity index (χ0v) is 13.2. The van der Waals surface area contributed by atoms with E-state index in [4.69, 9.17) is 11.6 Å². The van der Waals surface area contributed by atoms with Crippen LogP contribution in [0.5, 0.6) is 0 Å². The summed E-state index contributed by atoms with van der Waals surface area (Å²) in [5.74, 6) is 0.585. The second-order valence-corrected chi connectivity index (χ2v) is 7.23. The number of nitrogens with zero attached hydrogens (tertiary/aromatic N) is 4. The minimum absolute atomic E-state index is 0.0856. The first kappa shape index (κ1) is 14.0. The Hall–Kier alpha value is -0.921. The van der Waals surface area contributed by atoms with Crippen molar-refractivity contribution < 1.29 is 10.2 Å². The van der Waals surface area contributed by atoms with Crippen LogP contribution < -0.4 is 5.32 Å². The van der Waals surface area contributed by atoms with Crippen LogP contribution in [0, 0.1) is 0 Å². The van der Waals surface area contributed by atoms with E-state index in [-0.39, 0.29) is 25.2 Å². The van der Waals surface area contributed by atoms with Gasteiger partial charge in [-0.1, -0.05) is 0 Å². The van der Waals surface area contributed by atoms with E-state index in [2.05, 4.69) is 20.3 Å². The number of nitrogens with one attached hydrogen (secondary N) is 1. The van der Waals surface area contributed by atoms with Gasteiger partial charge in [-0.3, -0.25) is 0 Å². The Morgan fingerprint density at radius 3 is 2.95 bits per heavy atom. The number of aliphatic hydroxyl groups excluding tert-OH is 2. The van der Waals surface area contributed by atoms with Crippen LogP contribution in [0.25, 0.3) is 11.2 Å². The monoisotopic (exact) mass is 363 g/mol. The molecule has 1 aliphatic rings. The maximum absolute atomic E-state index is 10.1. The van der Waals surface area contributed by atoms with Crippen LogP contribution in [-0.2, 0) is 0 Å². The molecule has 1 aliphatic heterocycles. The van der Waals surface area contributed by atoms with Crippen molar-refractivity contribution in [2.24, 2.45) is 0 Å². The predicted octanol–water partition coefficient (Wildman–Crippen LogP) is 0.268. The molecule has 0 unspecified atom stereocenters. The van der Waals surface area contributed by atoms with Gasteiger partial charge in [0.1, 0.15) is 0 Å². The predicted molar refractivity (Wildman–Crippen MR) is 76.1 cm³/mol. The van der Waals surface area contributed by atoms with Crippen molar-refractivity contribution in [3.63, 3.8) is 0 Å². The molecular formula is C11H14ClN5O2Se. The molecule has 0 aromatic carbocycles. The van der Waals surface area contributed by atoms with Crippen LogP contribution in [0.15, 0.2) is 6.33 Å². The van der Waals surface area contributed by atoms with Crippen molar-refractivity contribution in [2.75, 3.05) is 11.9 Å². The van der Waals surface area contributed by atoms with Crippen molar-refractivity contribution in [1.82, 2.24) is 19.5 Å². The molecular weight excluding hydrogens is 349 g/mol. The first-order valence-corrected chi connectivity index (χ1v) is 8.81. The Labute approximate surface area is 126 Å². The van der Waals surface area contributed by atoms with E-state index in [1.807, 2.05) is 6.92 Å². The number of aromatic nitrogens is 4. The Bertz CT molecular complexity index is 637. The average molecular weight is 363 g/mol. The standard InChI is InChI=1S/C11H14ClN5O2Se/c1-2-13-8-6-9(16-11(12)15-8)17(4-14-6)10-7(19)5(18)3-20-10/h4-5,7,10,18-19H,2-3H2,1H3,(H,13,15,16)/t5-,7-,10-/m1/s1.